The first-order chi connectivity index (χ1) is 16.1. The van der Waals surface area contributed by atoms with E-state index in [2.05, 4.69) is 55.4 Å². The monoisotopic (exact) mass is 619 g/mol. The first kappa shape index (κ1) is 34.5. The maximum absolute atomic E-state index is 12.3. The van der Waals surface area contributed by atoms with E-state index in [-0.39, 0.29) is 22.5 Å². The van der Waals surface area contributed by atoms with Gasteiger partial charge in [-0.1, -0.05) is 90.4 Å². The minimum atomic E-state index is -3.29. The Morgan fingerprint density at radius 2 is 1.26 bits per heavy atom. The highest BCUT2D eigenvalue weighted by molar-refractivity contribution is 14.1. The third-order valence-electron chi connectivity index (χ3n) is 6.12. The van der Waals surface area contributed by atoms with Crippen LogP contribution < -0.4 is 4.72 Å². The molecule has 0 saturated carbocycles. The van der Waals surface area contributed by atoms with Gasteiger partial charge in [-0.15, -0.1) is 0 Å². The average Bonchev–Trinajstić information content (AvgIpc) is 2.75. The van der Waals surface area contributed by atoms with Crippen molar-refractivity contribution in [3.05, 3.63) is 0 Å². The third-order valence-corrected chi connectivity index (χ3v) is 8.71. The first-order valence-corrected chi connectivity index (χ1v) is 16.6. The van der Waals surface area contributed by atoms with Crippen molar-refractivity contribution in [3.63, 3.8) is 0 Å². The number of hydrogen-bond acceptors (Lipinski definition) is 4. The van der Waals surface area contributed by atoms with Crippen LogP contribution in [0.25, 0.3) is 0 Å². The summed E-state index contributed by atoms with van der Waals surface area (Å²) in [6.07, 6.45) is 19.1. The predicted octanol–water partition coefficient (Wildman–Crippen LogP) is 6.28. The van der Waals surface area contributed by atoms with Crippen molar-refractivity contribution in [2.75, 3.05) is 53.7 Å². The summed E-state index contributed by atoms with van der Waals surface area (Å²) in [6.45, 7) is 4.04. The second-order valence-corrected chi connectivity index (χ2v) is 13.8. The lowest BCUT2D eigenvalue weighted by Gasteiger charge is -2.24. The van der Waals surface area contributed by atoms with Gasteiger partial charge >= 0.3 is 0 Å². The van der Waals surface area contributed by atoms with Crippen LogP contribution in [0.5, 0.6) is 0 Å². The van der Waals surface area contributed by atoms with Crippen LogP contribution in [0, 0.1) is 0 Å². The summed E-state index contributed by atoms with van der Waals surface area (Å²) in [5.74, 6) is 0.144. The Kier molecular flexibility index (Phi) is 21.9. The van der Waals surface area contributed by atoms with Gasteiger partial charge in [0.05, 0.1) is 33.4 Å². The number of halogens is 1. The van der Waals surface area contributed by atoms with Crippen LogP contribution in [-0.4, -0.2) is 76.8 Å². The summed E-state index contributed by atoms with van der Waals surface area (Å²) in [4.78, 5) is 0. The van der Waals surface area contributed by atoms with E-state index in [9.17, 15) is 8.42 Å². The van der Waals surface area contributed by atoms with Crippen molar-refractivity contribution in [1.29, 1.82) is 0 Å². The van der Waals surface area contributed by atoms with E-state index in [1.165, 1.54) is 83.5 Å². The number of nitrogens with one attached hydrogen (secondary N) is 1. The Morgan fingerprint density at radius 3 is 1.71 bits per heavy atom. The van der Waals surface area contributed by atoms with Crippen LogP contribution in [0.2, 0.25) is 0 Å². The van der Waals surface area contributed by atoms with Crippen molar-refractivity contribution >= 4 is 32.6 Å². The molecular weight excluding hydrogens is 563 g/mol. The smallest absolute Gasteiger partial charge is 0.211 e. The third kappa shape index (κ3) is 23.0. The summed E-state index contributed by atoms with van der Waals surface area (Å²) in [6, 6.07) is 0. The topological polar surface area (TPSA) is 64.6 Å². The van der Waals surface area contributed by atoms with E-state index in [1.807, 2.05) is 0 Å². The number of hydrogen-bond donors (Lipinski definition) is 1. The minimum Gasteiger partial charge on any atom is -0.377 e. The molecule has 8 heteroatoms. The largest absolute Gasteiger partial charge is 0.377 e. The molecule has 1 N–H and O–H groups in total. The fourth-order valence-electron chi connectivity index (χ4n) is 3.89. The molecule has 0 amide bonds. The zero-order valence-corrected chi connectivity index (χ0v) is 25.9. The zero-order chi connectivity index (χ0) is 25.7. The average molecular weight is 620 g/mol. The maximum atomic E-state index is 12.3. The molecule has 0 aromatic carbocycles. The van der Waals surface area contributed by atoms with E-state index in [4.69, 9.17) is 9.47 Å². The number of ether oxygens (including phenoxy) is 2. The van der Waals surface area contributed by atoms with Gasteiger partial charge in [-0.3, -0.25) is 0 Å². The molecule has 2 atom stereocenters. The van der Waals surface area contributed by atoms with Gasteiger partial charge in [0.2, 0.25) is 10.0 Å². The van der Waals surface area contributed by atoms with Gasteiger partial charge in [0.15, 0.2) is 0 Å². The SMILES string of the molecule is CCCCCCCCCCCCCCCCOC(I)C(CNS(=O)(=O)CCC[N+](C)(C)C)OC. The number of nitrogens with zero attached hydrogens (tertiary/aromatic N) is 1. The number of quaternary nitrogens is 1. The standard InChI is InChI=1S/C26H56IN2O4S/c1-6-7-8-9-10-11-12-13-14-15-16-17-18-19-22-33-26(27)25(32-5)24-28-34(30,31)23-20-21-29(2,3)4/h25-26,28H,6-24H2,1-5H3/q+1. The van der Waals surface area contributed by atoms with E-state index in [0.29, 0.717) is 13.0 Å². The summed E-state index contributed by atoms with van der Waals surface area (Å²) in [7, 11) is 4.52. The number of unbranched alkanes of at least 4 members (excludes halogenated alkanes) is 13. The molecule has 0 aliphatic rings. The van der Waals surface area contributed by atoms with Gasteiger partial charge in [0.25, 0.3) is 0 Å². The molecule has 6 nitrogen and oxygen atoms in total. The molecule has 0 heterocycles. The van der Waals surface area contributed by atoms with E-state index >= 15 is 0 Å². The van der Waals surface area contributed by atoms with Crippen LogP contribution in [-0.2, 0) is 19.5 Å². The molecule has 0 spiro atoms. The van der Waals surface area contributed by atoms with E-state index in [0.717, 1.165) is 17.4 Å². The summed E-state index contributed by atoms with van der Waals surface area (Å²) < 4.78 is 39.2. The van der Waals surface area contributed by atoms with Gasteiger partial charge in [0.1, 0.15) is 10.2 Å². The summed E-state index contributed by atoms with van der Waals surface area (Å²) in [5, 5.41) is 0. The van der Waals surface area contributed by atoms with Crippen molar-refractivity contribution in [1.82, 2.24) is 4.72 Å². The molecule has 0 bridgehead atoms. The molecule has 2 unspecified atom stereocenters. The zero-order valence-electron chi connectivity index (χ0n) is 23.0. The lowest BCUT2D eigenvalue weighted by molar-refractivity contribution is -0.870. The molecule has 0 radical (unpaired) electrons. The molecule has 0 saturated heterocycles. The van der Waals surface area contributed by atoms with Gasteiger partial charge < -0.3 is 14.0 Å². The fourth-order valence-corrected chi connectivity index (χ4v) is 5.77. The highest BCUT2D eigenvalue weighted by atomic mass is 127. The van der Waals surface area contributed by atoms with Gasteiger partial charge in [-0.2, -0.15) is 0 Å². The van der Waals surface area contributed by atoms with E-state index < -0.39 is 10.0 Å². The molecule has 0 fully saturated rings. The second kappa shape index (κ2) is 21.6. The van der Waals surface area contributed by atoms with Gasteiger partial charge in [0, 0.05) is 26.7 Å². The minimum absolute atomic E-state index is 0.144. The normalized spacial score (nSPS) is 14.4. The van der Waals surface area contributed by atoms with Crippen molar-refractivity contribution < 1.29 is 22.4 Å². The Balaban J connectivity index is 3.71. The molecule has 206 valence electrons. The molecule has 0 aromatic rings. The van der Waals surface area contributed by atoms with Crippen LogP contribution in [0.3, 0.4) is 0 Å². The van der Waals surface area contributed by atoms with Crippen LogP contribution in [0.15, 0.2) is 0 Å². The van der Waals surface area contributed by atoms with E-state index in [1.54, 1.807) is 7.11 Å². The lowest BCUT2D eigenvalue weighted by Crippen LogP contribution is -2.41. The molecule has 34 heavy (non-hydrogen) atoms. The second-order valence-electron chi connectivity index (χ2n) is 10.6. The van der Waals surface area contributed by atoms with Crippen LogP contribution >= 0.6 is 22.6 Å². The highest BCUT2D eigenvalue weighted by Crippen LogP contribution is 2.15. The Labute approximate surface area is 226 Å². The lowest BCUT2D eigenvalue weighted by atomic mass is 10.0. The number of rotatable bonds is 25. The summed E-state index contributed by atoms with van der Waals surface area (Å²) in [5.41, 5.74) is 0. The fraction of sp³-hybridized carbons (Fsp3) is 1.00. The Bertz CT molecular complexity index is 555. The molecule has 0 aliphatic heterocycles. The highest BCUT2D eigenvalue weighted by Gasteiger charge is 2.22. The number of methoxy groups -OCH3 is 1. The number of sulfonamides is 1. The van der Waals surface area contributed by atoms with Gasteiger partial charge in [-0.05, 0) is 29.0 Å². The molecule has 0 rings (SSSR count). The van der Waals surface area contributed by atoms with Crippen LogP contribution in [0.4, 0.5) is 0 Å². The first-order valence-electron chi connectivity index (χ1n) is 13.7. The predicted molar refractivity (Wildman–Crippen MR) is 154 cm³/mol. The quantitative estimate of drug-likeness (QED) is 0.0566. The van der Waals surface area contributed by atoms with Crippen molar-refractivity contribution in [2.45, 2.75) is 113 Å². The molecular formula is C26H56IN2O4S+. The summed E-state index contributed by atoms with van der Waals surface area (Å²) >= 11 is 2.21. The van der Waals surface area contributed by atoms with Gasteiger partial charge in [-0.25, -0.2) is 13.1 Å². The molecule has 0 aromatic heterocycles. The number of alkyl halides is 1. The maximum Gasteiger partial charge on any atom is 0.211 e. The molecule has 0 aliphatic carbocycles. The Hall–Kier alpha value is 0.520. The van der Waals surface area contributed by atoms with Crippen LogP contribution in [0.1, 0.15) is 103 Å². The van der Waals surface area contributed by atoms with Crippen molar-refractivity contribution in [3.8, 4) is 0 Å². The van der Waals surface area contributed by atoms with Crippen molar-refractivity contribution in [2.24, 2.45) is 0 Å². The Morgan fingerprint density at radius 1 is 0.794 bits per heavy atom.